The Balaban J connectivity index is 1.44. The Morgan fingerprint density at radius 1 is 1.21 bits per heavy atom. The average molecular weight is 458 g/mol. The van der Waals surface area contributed by atoms with Gasteiger partial charge in [0.05, 0.1) is 18.4 Å². The third kappa shape index (κ3) is 4.39. The molecule has 33 heavy (non-hydrogen) atoms. The van der Waals surface area contributed by atoms with Gasteiger partial charge in [-0.1, -0.05) is 6.07 Å². The molecule has 2 aliphatic heterocycles. The zero-order valence-corrected chi connectivity index (χ0v) is 19.0. The normalized spacial score (nSPS) is 19.1. The Labute approximate surface area is 190 Å². The maximum Gasteiger partial charge on any atom is 0.410 e. The number of aromatic nitrogens is 3. The topological polar surface area (TPSA) is 110 Å². The van der Waals surface area contributed by atoms with Crippen LogP contribution < -0.4 is 5.32 Å². The number of carbonyl (C=O) groups is 3. The van der Waals surface area contributed by atoms with Crippen LogP contribution in [0.2, 0.25) is 0 Å². The van der Waals surface area contributed by atoms with Crippen LogP contribution in [0.3, 0.4) is 0 Å². The Morgan fingerprint density at radius 2 is 1.91 bits per heavy atom. The number of urea groups is 1. The van der Waals surface area contributed by atoms with E-state index in [2.05, 4.69) is 15.4 Å². The van der Waals surface area contributed by atoms with Crippen LogP contribution in [0.4, 0.5) is 14.0 Å². The summed E-state index contributed by atoms with van der Waals surface area (Å²) >= 11 is 0. The summed E-state index contributed by atoms with van der Waals surface area (Å²) in [6, 6.07) is 2.34. The van der Waals surface area contributed by atoms with Crippen molar-refractivity contribution in [1.29, 1.82) is 0 Å². The lowest BCUT2D eigenvalue weighted by atomic mass is 9.87. The number of imide groups is 1. The van der Waals surface area contributed by atoms with E-state index >= 15 is 0 Å². The van der Waals surface area contributed by atoms with E-state index < -0.39 is 35.1 Å². The van der Waals surface area contributed by atoms with Crippen LogP contribution in [0.5, 0.6) is 0 Å². The van der Waals surface area contributed by atoms with Crippen molar-refractivity contribution >= 4 is 18.0 Å². The van der Waals surface area contributed by atoms with Crippen LogP contribution >= 0.6 is 0 Å². The molecule has 176 valence electrons. The molecule has 2 fully saturated rings. The van der Waals surface area contributed by atoms with Crippen LogP contribution in [-0.4, -0.2) is 66.8 Å². The number of hydrogen-bond acceptors (Lipinski definition) is 6. The SMILES string of the molecule is C[C@@H](c1ccc(-n2cc(F)cn2)nc1)N1C(=O)NC2(CCN(C(=O)OC(C)(C)C)CC2)C1=O. The number of amides is 4. The molecule has 2 saturated heterocycles. The first-order valence-electron chi connectivity index (χ1n) is 10.8. The predicted octanol–water partition coefficient (Wildman–Crippen LogP) is 2.79. The van der Waals surface area contributed by atoms with Gasteiger partial charge in [0.25, 0.3) is 5.91 Å². The van der Waals surface area contributed by atoms with Gasteiger partial charge in [-0.3, -0.25) is 9.69 Å². The standard InChI is InChI=1S/C22H27FN6O4/c1-14(15-5-6-17(24-11-15)28-13-16(23)12-25-28)29-18(30)22(26-19(29)31)7-9-27(10-8-22)20(32)33-21(2,3)4/h5-6,11-14H,7-10H2,1-4H3,(H,26,31)/t14-/m0/s1. The molecule has 0 aliphatic carbocycles. The van der Waals surface area contributed by atoms with E-state index in [-0.39, 0.29) is 5.91 Å². The Hall–Kier alpha value is -3.50. The van der Waals surface area contributed by atoms with Gasteiger partial charge in [-0.05, 0) is 52.2 Å². The van der Waals surface area contributed by atoms with Gasteiger partial charge in [-0.25, -0.2) is 23.6 Å². The second-order valence-corrected chi connectivity index (χ2v) is 9.38. The molecular weight excluding hydrogens is 431 g/mol. The summed E-state index contributed by atoms with van der Waals surface area (Å²) in [5.74, 6) is -0.378. The molecule has 0 bridgehead atoms. The first kappa shape index (κ1) is 22.7. The highest BCUT2D eigenvalue weighted by Gasteiger charge is 2.54. The molecule has 0 unspecified atom stereocenters. The highest BCUT2D eigenvalue weighted by molar-refractivity contribution is 6.07. The highest BCUT2D eigenvalue weighted by Crippen LogP contribution is 2.34. The monoisotopic (exact) mass is 458 g/mol. The molecule has 1 N–H and O–H groups in total. The molecule has 10 nitrogen and oxygen atoms in total. The molecule has 2 aliphatic rings. The molecular formula is C22H27FN6O4. The predicted molar refractivity (Wildman–Crippen MR) is 115 cm³/mol. The highest BCUT2D eigenvalue weighted by atomic mass is 19.1. The van der Waals surface area contributed by atoms with E-state index in [0.29, 0.717) is 37.3 Å². The van der Waals surface area contributed by atoms with Crippen LogP contribution in [0.15, 0.2) is 30.7 Å². The van der Waals surface area contributed by atoms with Gasteiger partial charge >= 0.3 is 12.1 Å². The summed E-state index contributed by atoms with van der Waals surface area (Å²) < 4.78 is 19.9. The van der Waals surface area contributed by atoms with Gasteiger partial charge in [-0.2, -0.15) is 5.10 Å². The first-order chi connectivity index (χ1) is 15.5. The van der Waals surface area contributed by atoms with Crippen molar-refractivity contribution < 1.29 is 23.5 Å². The first-order valence-corrected chi connectivity index (χ1v) is 10.8. The molecule has 4 amide bonds. The number of nitrogens with one attached hydrogen (secondary N) is 1. The summed E-state index contributed by atoms with van der Waals surface area (Å²) in [7, 11) is 0. The number of likely N-dealkylation sites (tertiary alicyclic amines) is 1. The van der Waals surface area contributed by atoms with E-state index in [1.54, 1.807) is 44.7 Å². The van der Waals surface area contributed by atoms with Crippen LogP contribution in [0.25, 0.3) is 5.82 Å². The Morgan fingerprint density at radius 3 is 2.45 bits per heavy atom. The second kappa shape index (κ2) is 8.13. The summed E-state index contributed by atoms with van der Waals surface area (Å²) in [6.07, 6.45) is 4.01. The van der Waals surface area contributed by atoms with Crippen molar-refractivity contribution in [3.8, 4) is 5.82 Å². The molecule has 4 rings (SSSR count). The number of halogens is 1. The zero-order valence-electron chi connectivity index (χ0n) is 19.0. The molecule has 2 aromatic heterocycles. The minimum Gasteiger partial charge on any atom is -0.444 e. The van der Waals surface area contributed by atoms with E-state index in [0.717, 1.165) is 6.20 Å². The summed E-state index contributed by atoms with van der Waals surface area (Å²) in [6.45, 7) is 7.75. The average Bonchev–Trinajstić information content (AvgIpc) is 3.28. The van der Waals surface area contributed by atoms with Gasteiger partial charge in [0.15, 0.2) is 11.6 Å². The van der Waals surface area contributed by atoms with Crippen molar-refractivity contribution in [1.82, 2.24) is 29.9 Å². The number of piperidine rings is 1. The largest absolute Gasteiger partial charge is 0.444 e. The summed E-state index contributed by atoms with van der Waals surface area (Å²) in [5.41, 5.74) is -0.993. The fraction of sp³-hybridized carbons (Fsp3) is 0.500. The van der Waals surface area contributed by atoms with Gasteiger partial charge in [0, 0.05) is 19.3 Å². The minimum atomic E-state index is -1.04. The van der Waals surface area contributed by atoms with Crippen LogP contribution in [0.1, 0.15) is 52.1 Å². The molecule has 2 aromatic rings. The van der Waals surface area contributed by atoms with E-state index in [4.69, 9.17) is 4.74 Å². The fourth-order valence-electron chi connectivity index (χ4n) is 4.08. The third-order valence-electron chi connectivity index (χ3n) is 5.89. The quantitative estimate of drug-likeness (QED) is 0.709. The van der Waals surface area contributed by atoms with Crippen LogP contribution in [-0.2, 0) is 9.53 Å². The van der Waals surface area contributed by atoms with E-state index in [1.165, 1.54) is 22.0 Å². The zero-order chi connectivity index (χ0) is 24.0. The lowest BCUT2D eigenvalue weighted by Crippen LogP contribution is -2.56. The van der Waals surface area contributed by atoms with Crippen LogP contribution in [0, 0.1) is 5.82 Å². The Bertz CT molecular complexity index is 1070. The molecule has 0 saturated carbocycles. The summed E-state index contributed by atoms with van der Waals surface area (Å²) in [4.78, 5) is 45.5. The maximum atomic E-state index is 13.3. The second-order valence-electron chi connectivity index (χ2n) is 9.38. The molecule has 0 aromatic carbocycles. The molecule has 11 heteroatoms. The van der Waals surface area contributed by atoms with Gasteiger partial charge in [0.1, 0.15) is 11.1 Å². The lowest BCUT2D eigenvalue weighted by Gasteiger charge is -2.38. The van der Waals surface area contributed by atoms with E-state index in [9.17, 15) is 18.8 Å². The number of pyridine rings is 1. The number of nitrogens with zero attached hydrogens (tertiary/aromatic N) is 5. The van der Waals surface area contributed by atoms with Crippen molar-refractivity contribution in [3.05, 3.63) is 42.1 Å². The summed E-state index contributed by atoms with van der Waals surface area (Å²) in [5, 5.41) is 6.72. The molecule has 4 heterocycles. The van der Waals surface area contributed by atoms with Gasteiger partial charge in [0.2, 0.25) is 0 Å². The fourth-order valence-corrected chi connectivity index (χ4v) is 4.08. The van der Waals surface area contributed by atoms with Crippen molar-refractivity contribution in [2.45, 2.75) is 57.7 Å². The number of carbonyl (C=O) groups excluding carboxylic acids is 3. The van der Waals surface area contributed by atoms with Crippen molar-refractivity contribution in [2.75, 3.05) is 13.1 Å². The minimum absolute atomic E-state index is 0.305. The maximum absolute atomic E-state index is 13.3. The lowest BCUT2D eigenvalue weighted by molar-refractivity contribution is -0.134. The Kier molecular flexibility index (Phi) is 5.59. The van der Waals surface area contributed by atoms with Gasteiger partial charge < -0.3 is 15.0 Å². The number of ether oxygens (including phenoxy) is 1. The molecule has 0 radical (unpaired) electrons. The number of hydrogen-bond donors (Lipinski definition) is 1. The number of rotatable bonds is 3. The molecule has 1 atom stereocenters. The van der Waals surface area contributed by atoms with Gasteiger partial charge in [-0.15, -0.1) is 0 Å². The van der Waals surface area contributed by atoms with Crippen molar-refractivity contribution in [3.63, 3.8) is 0 Å². The molecule has 1 spiro atoms. The third-order valence-corrected chi connectivity index (χ3v) is 5.89. The van der Waals surface area contributed by atoms with E-state index in [1.807, 2.05) is 0 Å². The smallest absolute Gasteiger partial charge is 0.410 e. The van der Waals surface area contributed by atoms with Crippen molar-refractivity contribution in [2.24, 2.45) is 0 Å².